The standard InChI is InChI=1S/C26H27N3O2S/c1-6-28-25(30)24(32-26(28)27-21-9-7-17(2)8-10-21)16-20-15-18(3)29(19(20)4)22-11-13-23(31-5)14-12-22/h7-16H,6H2,1-5H3/b24-16+,27-26?. The first-order chi connectivity index (χ1) is 15.4. The third kappa shape index (κ3) is 4.23. The molecule has 0 aliphatic carbocycles. The summed E-state index contributed by atoms with van der Waals surface area (Å²) in [5, 5.41) is 0.719. The molecule has 3 aromatic rings. The van der Waals surface area contributed by atoms with Crippen LogP contribution in [0, 0.1) is 20.8 Å². The van der Waals surface area contributed by atoms with Crippen LogP contribution in [0.2, 0.25) is 0 Å². The molecule has 0 unspecified atom stereocenters. The van der Waals surface area contributed by atoms with Crippen molar-refractivity contribution in [3.8, 4) is 11.4 Å². The fraction of sp³-hybridized carbons (Fsp3) is 0.231. The van der Waals surface area contributed by atoms with Crippen LogP contribution < -0.4 is 4.74 Å². The highest BCUT2D eigenvalue weighted by Gasteiger charge is 2.32. The van der Waals surface area contributed by atoms with Gasteiger partial charge in [0.25, 0.3) is 5.91 Å². The molecule has 0 spiro atoms. The molecule has 1 amide bonds. The van der Waals surface area contributed by atoms with Crippen molar-refractivity contribution in [3.63, 3.8) is 0 Å². The van der Waals surface area contributed by atoms with E-state index in [4.69, 9.17) is 9.73 Å². The minimum absolute atomic E-state index is 0.00221. The van der Waals surface area contributed by atoms with Gasteiger partial charge in [0, 0.05) is 23.6 Å². The molecule has 0 atom stereocenters. The Hall–Kier alpha value is -3.25. The second kappa shape index (κ2) is 9.09. The number of aryl methyl sites for hydroxylation is 2. The molecule has 164 valence electrons. The second-order valence-corrected chi connectivity index (χ2v) is 8.76. The summed E-state index contributed by atoms with van der Waals surface area (Å²) in [6.07, 6.45) is 1.98. The summed E-state index contributed by atoms with van der Waals surface area (Å²) in [7, 11) is 1.66. The lowest BCUT2D eigenvalue weighted by molar-refractivity contribution is -0.122. The van der Waals surface area contributed by atoms with Crippen LogP contribution in [0.15, 0.2) is 64.5 Å². The summed E-state index contributed by atoms with van der Waals surface area (Å²) >= 11 is 1.43. The molecule has 0 N–H and O–H groups in total. The SMILES string of the molecule is CCN1C(=O)/C(=C\c2cc(C)n(-c3ccc(OC)cc3)c2C)SC1=Nc1ccc(C)cc1. The maximum absolute atomic E-state index is 13.1. The van der Waals surface area contributed by atoms with Crippen molar-refractivity contribution in [1.82, 2.24) is 9.47 Å². The van der Waals surface area contributed by atoms with Crippen LogP contribution in [-0.4, -0.2) is 34.2 Å². The predicted molar refractivity (Wildman–Crippen MR) is 133 cm³/mol. The zero-order chi connectivity index (χ0) is 22.8. The molecule has 1 saturated heterocycles. The molecule has 0 saturated carbocycles. The number of carbonyl (C=O) groups excluding carboxylic acids is 1. The van der Waals surface area contributed by atoms with Crippen LogP contribution in [0.3, 0.4) is 0 Å². The lowest BCUT2D eigenvalue weighted by atomic mass is 10.2. The fourth-order valence-corrected chi connectivity index (χ4v) is 4.86. The minimum Gasteiger partial charge on any atom is -0.497 e. The number of thioether (sulfide) groups is 1. The molecule has 1 aliphatic rings. The van der Waals surface area contributed by atoms with Crippen molar-refractivity contribution < 1.29 is 9.53 Å². The van der Waals surface area contributed by atoms with E-state index in [9.17, 15) is 4.79 Å². The highest BCUT2D eigenvalue weighted by molar-refractivity contribution is 8.18. The smallest absolute Gasteiger partial charge is 0.266 e. The average molecular weight is 446 g/mol. The number of rotatable bonds is 5. The number of nitrogens with zero attached hydrogens (tertiary/aromatic N) is 3. The van der Waals surface area contributed by atoms with Gasteiger partial charge in [-0.15, -0.1) is 0 Å². The Morgan fingerprint density at radius 3 is 2.34 bits per heavy atom. The van der Waals surface area contributed by atoms with Crippen molar-refractivity contribution >= 4 is 34.6 Å². The van der Waals surface area contributed by atoms with Gasteiger partial charge >= 0.3 is 0 Å². The summed E-state index contributed by atoms with van der Waals surface area (Å²) in [5.74, 6) is 0.823. The van der Waals surface area contributed by atoms with E-state index < -0.39 is 0 Å². The van der Waals surface area contributed by atoms with Gasteiger partial charge in [-0.05, 0) is 93.6 Å². The number of likely N-dealkylation sites (N-methyl/N-ethyl adjacent to an activating group) is 1. The molecule has 0 bridgehead atoms. The van der Waals surface area contributed by atoms with Gasteiger partial charge in [-0.3, -0.25) is 9.69 Å². The second-order valence-electron chi connectivity index (χ2n) is 7.75. The first-order valence-corrected chi connectivity index (χ1v) is 11.4. The zero-order valence-corrected chi connectivity index (χ0v) is 19.9. The van der Waals surface area contributed by atoms with Gasteiger partial charge in [0.15, 0.2) is 5.17 Å². The molecule has 6 heteroatoms. The molecule has 32 heavy (non-hydrogen) atoms. The molecule has 4 rings (SSSR count). The van der Waals surface area contributed by atoms with E-state index in [0.29, 0.717) is 11.4 Å². The quantitative estimate of drug-likeness (QED) is 0.450. The number of ether oxygens (including phenoxy) is 1. The lowest BCUT2D eigenvalue weighted by Gasteiger charge is -2.12. The number of carbonyl (C=O) groups is 1. The summed E-state index contributed by atoms with van der Waals surface area (Å²) < 4.78 is 7.46. The molecular formula is C26H27N3O2S. The van der Waals surface area contributed by atoms with Gasteiger partial charge in [-0.25, -0.2) is 4.99 Å². The number of hydrogen-bond acceptors (Lipinski definition) is 4. The minimum atomic E-state index is -0.00221. The van der Waals surface area contributed by atoms with Gasteiger partial charge in [0.05, 0.1) is 17.7 Å². The summed E-state index contributed by atoms with van der Waals surface area (Å²) in [6.45, 7) is 8.75. The van der Waals surface area contributed by atoms with Gasteiger partial charge in [-0.2, -0.15) is 0 Å². The molecule has 0 radical (unpaired) electrons. The van der Waals surface area contributed by atoms with Crippen LogP contribution in [0.5, 0.6) is 5.75 Å². The Morgan fingerprint density at radius 2 is 1.72 bits per heavy atom. The maximum atomic E-state index is 13.1. The number of benzene rings is 2. The summed E-state index contributed by atoms with van der Waals surface area (Å²) in [6, 6.07) is 18.1. The number of aromatic nitrogens is 1. The van der Waals surface area contributed by atoms with E-state index in [1.165, 1.54) is 17.3 Å². The number of hydrogen-bond donors (Lipinski definition) is 0. The molecule has 1 aliphatic heterocycles. The van der Waals surface area contributed by atoms with E-state index in [1.807, 2.05) is 68.5 Å². The molecule has 1 aromatic heterocycles. The van der Waals surface area contributed by atoms with E-state index in [-0.39, 0.29) is 5.91 Å². The third-order valence-electron chi connectivity index (χ3n) is 5.55. The first kappa shape index (κ1) is 22.0. The Kier molecular flexibility index (Phi) is 6.24. The van der Waals surface area contributed by atoms with E-state index >= 15 is 0 Å². The van der Waals surface area contributed by atoms with Gasteiger partial charge < -0.3 is 9.30 Å². The zero-order valence-electron chi connectivity index (χ0n) is 19.0. The van der Waals surface area contributed by atoms with Crippen LogP contribution in [-0.2, 0) is 4.79 Å². The highest BCUT2D eigenvalue weighted by atomic mass is 32.2. The Balaban J connectivity index is 1.67. The van der Waals surface area contributed by atoms with Gasteiger partial charge in [-0.1, -0.05) is 17.7 Å². The number of methoxy groups -OCH3 is 1. The fourth-order valence-electron chi connectivity index (χ4n) is 3.80. The van der Waals surface area contributed by atoms with Crippen molar-refractivity contribution in [2.45, 2.75) is 27.7 Å². The summed E-state index contributed by atoms with van der Waals surface area (Å²) in [4.78, 5) is 20.2. The molecule has 5 nitrogen and oxygen atoms in total. The monoisotopic (exact) mass is 445 g/mol. The number of amidine groups is 1. The van der Waals surface area contributed by atoms with Crippen LogP contribution in [0.1, 0.15) is 29.4 Å². The normalized spacial score (nSPS) is 16.4. The number of amides is 1. The first-order valence-electron chi connectivity index (χ1n) is 10.6. The summed E-state index contributed by atoms with van der Waals surface area (Å²) in [5.41, 5.74) is 6.32. The van der Waals surface area contributed by atoms with Crippen molar-refractivity contribution in [2.24, 2.45) is 4.99 Å². The molecular weight excluding hydrogens is 418 g/mol. The Morgan fingerprint density at radius 1 is 1.03 bits per heavy atom. The molecule has 2 heterocycles. The lowest BCUT2D eigenvalue weighted by Crippen LogP contribution is -2.28. The van der Waals surface area contributed by atoms with Crippen LogP contribution in [0.4, 0.5) is 5.69 Å². The molecule has 2 aromatic carbocycles. The van der Waals surface area contributed by atoms with Crippen molar-refractivity contribution in [1.29, 1.82) is 0 Å². The highest BCUT2D eigenvalue weighted by Crippen LogP contribution is 2.35. The Labute approximate surface area is 193 Å². The third-order valence-corrected chi connectivity index (χ3v) is 6.56. The van der Waals surface area contributed by atoms with Gasteiger partial charge in [0.1, 0.15) is 5.75 Å². The van der Waals surface area contributed by atoms with Gasteiger partial charge in [0.2, 0.25) is 0 Å². The average Bonchev–Trinajstić information content (AvgIpc) is 3.24. The number of aliphatic imine (C=N–C) groups is 1. The van der Waals surface area contributed by atoms with E-state index in [0.717, 1.165) is 39.2 Å². The van der Waals surface area contributed by atoms with Crippen LogP contribution in [0.25, 0.3) is 11.8 Å². The molecule has 1 fully saturated rings. The topological polar surface area (TPSA) is 46.8 Å². The largest absolute Gasteiger partial charge is 0.497 e. The van der Waals surface area contributed by atoms with E-state index in [1.54, 1.807) is 12.0 Å². The van der Waals surface area contributed by atoms with Crippen molar-refractivity contribution in [3.05, 3.63) is 82.0 Å². The van der Waals surface area contributed by atoms with Crippen molar-refractivity contribution in [2.75, 3.05) is 13.7 Å². The Bertz CT molecular complexity index is 1210. The maximum Gasteiger partial charge on any atom is 0.266 e. The van der Waals surface area contributed by atoms with E-state index in [2.05, 4.69) is 24.5 Å². The predicted octanol–water partition coefficient (Wildman–Crippen LogP) is 6.04. The van der Waals surface area contributed by atoms with Crippen LogP contribution >= 0.6 is 11.8 Å².